The van der Waals surface area contributed by atoms with E-state index in [0.29, 0.717) is 18.5 Å². The number of hydrogen-bond acceptors (Lipinski definition) is 3. The van der Waals surface area contributed by atoms with Crippen molar-refractivity contribution in [2.24, 2.45) is 0 Å². The zero-order valence-corrected chi connectivity index (χ0v) is 11.9. The van der Waals surface area contributed by atoms with Gasteiger partial charge >= 0.3 is 0 Å². The summed E-state index contributed by atoms with van der Waals surface area (Å²) < 4.78 is 5.59. The number of carbonyl (C=O) groups is 1. The van der Waals surface area contributed by atoms with Gasteiger partial charge in [0, 0.05) is 18.7 Å². The summed E-state index contributed by atoms with van der Waals surface area (Å²) in [6, 6.07) is 0.863. The molecule has 0 aromatic heterocycles. The highest BCUT2D eigenvalue weighted by Crippen LogP contribution is 2.16. The molecule has 1 amide bonds. The van der Waals surface area contributed by atoms with Gasteiger partial charge in [-0.25, -0.2) is 0 Å². The molecule has 2 saturated heterocycles. The van der Waals surface area contributed by atoms with Crippen LogP contribution in [0.1, 0.15) is 45.4 Å². The molecule has 0 bridgehead atoms. The molecule has 0 aliphatic carbocycles. The molecular weight excluding hydrogens is 252 g/mol. The number of nitrogens with one attached hydrogen (secondary N) is 2. The topological polar surface area (TPSA) is 50.4 Å². The number of amides is 1. The third-order valence-electron chi connectivity index (χ3n) is 3.68. The van der Waals surface area contributed by atoms with Gasteiger partial charge in [0.25, 0.3) is 0 Å². The van der Waals surface area contributed by atoms with Crippen molar-refractivity contribution in [2.45, 2.75) is 63.6 Å². The Hall–Kier alpha value is -0.320. The van der Waals surface area contributed by atoms with Crippen molar-refractivity contribution in [3.8, 4) is 0 Å². The lowest BCUT2D eigenvalue weighted by Gasteiger charge is -2.29. The number of rotatable bonds is 3. The number of carbonyl (C=O) groups excluding carboxylic acids is 1. The lowest BCUT2D eigenvalue weighted by atomic mass is 10.00. The van der Waals surface area contributed by atoms with Gasteiger partial charge in [0.1, 0.15) is 0 Å². The maximum Gasteiger partial charge on any atom is 0.222 e. The van der Waals surface area contributed by atoms with Gasteiger partial charge in [-0.15, -0.1) is 12.4 Å². The second-order valence-corrected chi connectivity index (χ2v) is 5.34. The molecule has 2 aliphatic heterocycles. The molecule has 2 rings (SSSR count). The first-order valence-corrected chi connectivity index (χ1v) is 6.88. The predicted molar refractivity (Wildman–Crippen MR) is 74.1 cm³/mol. The summed E-state index contributed by atoms with van der Waals surface area (Å²) in [5.74, 6) is 0.163. The molecule has 0 spiro atoms. The van der Waals surface area contributed by atoms with Crippen LogP contribution in [0, 0.1) is 0 Å². The van der Waals surface area contributed by atoms with E-state index in [9.17, 15) is 4.79 Å². The Morgan fingerprint density at radius 3 is 2.89 bits per heavy atom. The van der Waals surface area contributed by atoms with Crippen LogP contribution in [0.2, 0.25) is 0 Å². The van der Waals surface area contributed by atoms with E-state index >= 15 is 0 Å². The lowest BCUT2D eigenvalue weighted by Crippen LogP contribution is -2.47. The van der Waals surface area contributed by atoms with Crippen molar-refractivity contribution >= 4 is 18.3 Å². The summed E-state index contributed by atoms with van der Waals surface area (Å²) in [5, 5.41) is 6.53. The molecule has 0 radical (unpaired) electrons. The summed E-state index contributed by atoms with van der Waals surface area (Å²) in [5.41, 5.74) is 0. The third kappa shape index (κ3) is 5.12. The molecule has 106 valence electrons. The van der Waals surface area contributed by atoms with Gasteiger partial charge in [0.15, 0.2) is 0 Å². The van der Waals surface area contributed by atoms with E-state index in [2.05, 4.69) is 17.6 Å². The van der Waals surface area contributed by atoms with Crippen LogP contribution >= 0.6 is 12.4 Å². The van der Waals surface area contributed by atoms with Gasteiger partial charge in [-0.3, -0.25) is 4.79 Å². The van der Waals surface area contributed by atoms with Crippen LogP contribution in [0.3, 0.4) is 0 Å². The Balaban J connectivity index is 0.00000162. The number of halogens is 1. The Morgan fingerprint density at radius 2 is 2.22 bits per heavy atom. The zero-order valence-electron chi connectivity index (χ0n) is 11.1. The van der Waals surface area contributed by atoms with E-state index in [0.717, 1.165) is 38.8 Å². The van der Waals surface area contributed by atoms with Gasteiger partial charge in [0.2, 0.25) is 5.91 Å². The average Bonchev–Trinajstić information content (AvgIpc) is 2.30. The predicted octanol–water partition coefficient (Wildman–Crippen LogP) is 1.62. The van der Waals surface area contributed by atoms with Gasteiger partial charge in [0.05, 0.1) is 12.5 Å². The molecule has 2 aliphatic rings. The monoisotopic (exact) mass is 276 g/mol. The standard InChI is InChI=1S/C13H24N2O2.ClH/c1-10-8-11(5-6-14-10)15-13(16)9-12-4-2-3-7-17-12;/h10-12,14H,2-9H2,1H3,(H,15,16);1H. The van der Waals surface area contributed by atoms with Crippen LogP contribution < -0.4 is 10.6 Å². The van der Waals surface area contributed by atoms with Crippen LogP contribution in [0.25, 0.3) is 0 Å². The maximum atomic E-state index is 11.9. The normalized spacial score (nSPS) is 32.4. The van der Waals surface area contributed by atoms with Crippen LogP contribution in [-0.2, 0) is 9.53 Å². The Labute approximate surface area is 116 Å². The molecule has 3 unspecified atom stereocenters. The van der Waals surface area contributed by atoms with Gasteiger partial charge in [-0.2, -0.15) is 0 Å². The van der Waals surface area contributed by atoms with Crippen LogP contribution in [0.4, 0.5) is 0 Å². The first-order valence-electron chi connectivity index (χ1n) is 6.88. The van der Waals surface area contributed by atoms with Crippen molar-refractivity contribution in [2.75, 3.05) is 13.2 Å². The maximum absolute atomic E-state index is 11.9. The molecule has 0 aromatic rings. The second kappa shape index (κ2) is 7.97. The SMILES string of the molecule is CC1CC(NC(=O)CC2CCCCO2)CCN1.Cl. The van der Waals surface area contributed by atoms with Crippen molar-refractivity contribution in [1.82, 2.24) is 10.6 Å². The van der Waals surface area contributed by atoms with Crippen LogP contribution in [-0.4, -0.2) is 37.2 Å². The molecular formula is C13H25ClN2O2. The summed E-state index contributed by atoms with van der Waals surface area (Å²) in [4.78, 5) is 11.9. The quantitative estimate of drug-likeness (QED) is 0.824. The fourth-order valence-corrected chi connectivity index (χ4v) is 2.72. The van der Waals surface area contributed by atoms with E-state index in [4.69, 9.17) is 4.74 Å². The molecule has 0 saturated carbocycles. The molecule has 0 aromatic carbocycles. The lowest BCUT2D eigenvalue weighted by molar-refractivity contribution is -0.125. The highest BCUT2D eigenvalue weighted by molar-refractivity contribution is 5.85. The third-order valence-corrected chi connectivity index (χ3v) is 3.68. The Kier molecular flexibility index (Phi) is 6.97. The summed E-state index contributed by atoms with van der Waals surface area (Å²) in [6.07, 6.45) is 6.15. The Morgan fingerprint density at radius 1 is 1.39 bits per heavy atom. The highest BCUT2D eigenvalue weighted by Gasteiger charge is 2.22. The smallest absolute Gasteiger partial charge is 0.222 e. The minimum absolute atomic E-state index is 0. The number of piperidine rings is 1. The van der Waals surface area contributed by atoms with E-state index in [1.165, 1.54) is 6.42 Å². The molecule has 18 heavy (non-hydrogen) atoms. The first-order chi connectivity index (χ1) is 8.24. The highest BCUT2D eigenvalue weighted by atomic mass is 35.5. The molecule has 2 fully saturated rings. The molecule has 3 atom stereocenters. The fraction of sp³-hybridized carbons (Fsp3) is 0.923. The minimum atomic E-state index is 0. The van der Waals surface area contributed by atoms with Crippen molar-refractivity contribution < 1.29 is 9.53 Å². The van der Waals surface area contributed by atoms with Gasteiger partial charge in [-0.1, -0.05) is 0 Å². The second-order valence-electron chi connectivity index (χ2n) is 5.34. The van der Waals surface area contributed by atoms with Crippen molar-refractivity contribution in [3.63, 3.8) is 0 Å². The molecule has 2 N–H and O–H groups in total. The van der Waals surface area contributed by atoms with Crippen LogP contribution in [0.5, 0.6) is 0 Å². The fourth-order valence-electron chi connectivity index (χ4n) is 2.72. The Bertz CT molecular complexity index is 257. The average molecular weight is 277 g/mol. The minimum Gasteiger partial charge on any atom is -0.378 e. The first kappa shape index (κ1) is 15.7. The number of hydrogen-bond donors (Lipinski definition) is 2. The molecule has 4 nitrogen and oxygen atoms in total. The van der Waals surface area contributed by atoms with Crippen molar-refractivity contribution in [1.29, 1.82) is 0 Å². The van der Waals surface area contributed by atoms with Crippen LogP contribution in [0.15, 0.2) is 0 Å². The van der Waals surface area contributed by atoms with E-state index in [1.54, 1.807) is 0 Å². The molecule has 5 heteroatoms. The van der Waals surface area contributed by atoms with E-state index < -0.39 is 0 Å². The van der Waals surface area contributed by atoms with Crippen molar-refractivity contribution in [3.05, 3.63) is 0 Å². The summed E-state index contributed by atoms with van der Waals surface area (Å²) in [7, 11) is 0. The zero-order chi connectivity index (χ0) is 12.1. The van der Waals surface area contributed by atoms with E-state index in [1.807, 2.05) is 0 Å². The van der Waals surface area contributed by atoms with E-state index in [-0.39, 0.29) is 24.4 Å². The number of ether oxygens (including phenoxy) is 1. The van der Waals surface area contributed by atoms with Gasteiger partial charge < -0.3 is 15.4 Å². The van der Waals surface area contributed by atoms with Gasteiger partial charge in [-0.05, 0) is 45.6 Å². The molecule has 2 heterocycles. The largest absolute Gasteiger partial charge is 0.378 e. The summed E-state index contributed by atoms with van der Waals surface area (Å²) in [6.45, 7) is 4.00. The summed E-state index contributed by atoms with van der Waals surface area (Å²) >= 11 is 0.